The fourth-order valence-electron chi connectivity index (χ4n) is 1.99. The van der Waals surface area contributed by atoms with Crippen molar-refractivity contribution in [3.8, 4) is 0 Å². The Kier molecular flexibility index (Phi) is 5.01. The molecule has 5 nitrogen and oxygen atoms in total. The van der Waals surface area contributed by atoms with Crippen LogP contribution in [-0.2, 0) is 0 Å². The number of halogens is 1. The molecule has 7 heteroatoms. The maximum atomic E-state index is 12.5. The minimum absolute atomic E-state index is 0.0552. The average molecular weight is 302 g/mol. The van der Waals surface area contributed by atoms with Gasteiger partial charge in [0, 0.05) is 12.6 Å². The Morgan fingerprint density at radius 3 is 2.89 bits per heavy atom. The van der Waals surface area contributed by atoms with Crippen LogP contribution in [0.1, 0.15) is 29.8 Å². The van der Waals surface area contributed by atoms with Crippen LogP contribution in [0.25, 0.3) is 0 Å². The summed E-state index contributed by atoms with van der Waals surface area (Å²) < 4.78 is 0. The maximum absolute atomic E-state index is 12.5. The number of carbonyl (C=O) groups is 1. The van der Waals surface area contributed by atoms with Gasteiger partial charge < -0.3 is 10.0 Å². The highest BCUT2D eigenvalue weighted by Gasteiger charge is 2.30. The first-order valence-electron chi connectivity index (χ1n) is 6.15. The summed E-state index contributed by atoms with van der Waals surface area (Å²) in [6.07, 6.45) is 6.36. The van der Waals surface area contributed by atoms with Crippen molar-refractivity contribution in [3.63, 3.8) is 0 Å². The van der Waals surface area contributed by atoms with Gasteiger partial charge in [-0.3, -0.25) is 4.79 Å². The van der Waals surface area contributed by atoms with Gasteiger partial charge in [0.05, 0.1) is 17.8 Å². The Bertz CT molecular complexity index is 468. The van der Waals surface area contributed by atoms with E-state index in [1.807, 2.05) is 6.26 Å². The summed E-state index contributed by atoms with van der Waals surface area (Å²) in [7, 11) is 0. The standard InChI is InChI=1S/C12H16ClN3O2S/c1-19-12-14-7-9(13)10(15-12)11(18)16(5-6-17)8-3-2-4-8/h7-8,17H,2-6H2,1H3. The third-order valence-corrected chi connectivity index (χ3v) is 4.06. The maximum Gasteiger partial charge on any atom is 0.274 e. The smallest absolute Gasteiger partial charge is 0.274 e. The number of rotatable bonds is 5. The molecule has 0 bridgehead atoms. The number of nitrogens with zero attached hydrogens (tertiary/aromatic N) is 3. The summed E-state index contributed by atoms with van der Waals surface area (Å²) in [5.41, 5.74) is 0.223. The normalized spacial score (nSPS) is 15.1. The Morgan fingerprint density at radius 1 is 1.63 bits per heavy atom. The van der Waals surface area contributed by atoms with Crippen molar-refractivity contribution in [1.82, 2.24) is 14.9 Å². The van der Waals surface area contributed by atoms with Gasteiger partial charge in [0.2, 0.25) is 0 Å². The van der Waals surface area contributed by atoms with Crippen LogP contribution < -0.4 is 0 Å². The zero-order valence-electron chi connectivity index (χ0n) is 10.7. The molecule has 1 aromatic heterocycles. The number of hydrogen-bond donors (Lipinski definition) is 1. The molecule has 19 heavy (non-hydrogen) atoms. The Labute approximate surface area is 121 Å². The number of amides is 1. The molecule has 1 amide bonds. The van der Waals surface area contributed by atoms with E-state index in [0.717, 1.165) is 19.3 Å². The highest BCUT2D eigenvalue weighted by atomic mass is 35.5. The molecule has 0 saturated heterocycles. The highest BCUT2D eigenvalue weighted by molar-refractivity contribution is 7.98. The summed E-state index contributed by atoms with van der Waals surface area (Å²) in [4.78, 5) is 22.4. The third kappa shape index (κ3) is 3.19. The second-order valence-electron chi connectivity index (χ2n) is 4.36. The molecule has 1 aromatic rings. The lowest BCUT2D eigenvalue weighted by Gasteiger charge is -2.37. The van der Waals surface area contributed by atoms with Crippen LogP contribution in [0.4, 0.5) is 0 Å². The quantitative estimate of drug-likeness (QED) is 0.664. The summed E-state index contributed by atoms with van der Waals surface area (Å²) in [5.74, 6) is -0.221. The Balaban J connectivity index is 2.24. The SMILES string of the molecule is CSc1ncc(Cl)c(C(=O)N(CCO)C2CCC2)n1. The minimum atomic E-state index is -0.221. The molecule has 0 radical (unpaired) electrons. The van der Waals surface area contributed by atoms with Gasteiger partial charge in [-0.2, -0.15) is 0 Å². The van der Waals surface area contributed by atoms with Crippen LogP contribution in [0.3, 0.4) is 0 Å². The fourth-order valence-corrected chi connectivity index (χ4v) is 2.50. The van der Waals surface area contributed by atoms with Gasteiger partial charge >= 0.3 is 0 Å². The van der Waals surface area contributed by atoms with Gasteiger partial charge in [-0.05, 0) is 25.5 Å². The van der Waals surface area contributed by atoms with Crippen molar-refractivity contribution in [2.45, 2.75) is 30.5 Å². The first-order chi connectivity index (χ1) is 9.17. The third-order valence-electron chi connectivity index (χ3n) is 3.22. The first-order valence-corrected chi connectivity index (χ1v) is 7.76. The molecule has 1 heterocycles. The Morgan fingerprint density at radius 2 is 2.37 bits per heavy atom. The lowest BCUT2D eigenvalue weighted by molar-refractivity contribution is 0.0519. The van der Waals surface area contributed by atoms with Crippen LogP contribution in [0.15, 0.2) is 11.4 Å². The van der Waals surface area contributed by atoms with E-state index in [2.05, 4.69) is 9.97 Å². The van der Waals surface area contributed by atoms with Crippen molar-refractivity contribution in [3.05, 3.63) is 16.9 Å². The van der Waals surface area contributed by atoms with Crippen LogP contribution in [-0.4, -0.2) is 51.3 Å². The van der Waals surface area contributed by atoms with Gasteiger partial charge in [0.15, 0.2) is 10.9 Å². The fraction of sp³-hybridized carbons (Fsp3) is 0.583. The van der Waals surface area contributed by atoms with E-state index in [9.17, 15) is 4.79 Å². The summed E-state index contributed by atoms with van der Waals surface area (Å²) in [6.45, 7) is 0.263. The van der Waals surface area contributed by atoms with E-state index < -0.39 is 0 Å². The van der Waals surface area contributed by atoms with Crippen molar-refractivity contribution in [2.75, 3.05) is 19.4 Å². The predicted octanol–water partition coefficient (Wildman–Crippen LogP) is 1.84. The van der Waals surface area contributed by atoms with E-state index in [1.54, 1.807) is 4.90 Å². The molecule has 0 unspecified atom stereocenters. The molecular weight excluding hydrogens is 286 g/mol. The van der Waals surface area contributed by atoms with Crippen molar-refractivity contribution in [1.29, 1.82) is 0 Å². The second-order valence-corrected chi connectivity index (χ2v) is 5.54. The minimum Gasteiger partial charge on any atom is -0.395 e. The molecule has 0 atom stereocenters. The van der Waals surface area contributed by atoms with E-state index in [4.69, 9.17) is 16.7 Å². The van der Waals surface area contributed by atoms with Gasteiger partial charge in [0.25, 0.3) is 5.91 Å². The van der Waals surface area contributed by atoms with Crippen molar-refractivity contribution >= 4 is 29.3 Å². The van der Waals surface area contributed by atoms with Crippen LogP contribution in [0.5, 0.6) is 0 Å². The van der Waals surface area contributed by atoms with E-state index >= 15 is 0 Å². The molecular formula is C12H16ClN3O2S. The van der Waals surface area contributed by atoms with Gasteiger partial charge in [-0.25, -0.2) is 9.97 Å². The molecule has 1 saturated carbocycles. The summed E-state index contributed by atoms with van der Waals surface area (Å²) >= 11 is 7.38. The largest absolute Gasteiger partial charge is 0.395 e. The van der Waals surface area contributed by atoms with Gasteiger partial charge in [-0.1, -0.05) is 23.4 Å². The average Bonchev–Trinajstić information content (AvgIpc) is 2.36. The molecule has 0 spiro atoms. The van der Waals surface area contributed by atoms with Crippen LogP contribution in [0, 0.1) is 0 Å². The van der Waals surface area contributed by atoms with Gasteiger partial charge in [-0.15, -0.1) is 0 Å². The topological polar surface area (TPSA) is 66.3 Å². The van der Waals surface area contributed by atoms with E-state index in [0.29, 0.717) is 11.7 Å². The molecule has 1 N–H and O–H groups in total. The molecule has 1 fully saturated rings. The lowest BCUT2D eigenvalue weighted by atomic mass is 9.91. The molecule has 1 aliphatic rings. The molecule has 2 rings (SSSR count). The molecule has 0 aliphatic heterocycles. The number of thioether (sulfide) groups is 1. The first kappa shape index (κ1) is 14.6. The van der Waals surface area contributed by atoms with Crippen molar-refractivity contribution in [2.24, 2.45) is 0 Å². The van der Waals surface area contributed by atoms with Crippen molar-refractivity contribution < 1.29 is 9.90 Å². The van der Waals surface area contributed by atoms with E-state index in [-0.39, 0.29) is 29.3 Å². The second kappa shape index (κ2) is 6.54. The number of aromatic nitrogens is 2. The zero-order chi connectivity index (χ0) is 13.8. The van der Waals surface area contributed by atoms with Gasteiger partial charge in [0.1, 0.15) is 0 Å². The number of hydrogen-bond acceptors (Lipinski definition) is 5. The van der Waals surface area contributed by atoms with E-state index in [1.165, 1.54) is 18.0 Å². The Hall–Kier alpha value is -0.850. The zero-order valence-corrected chi connectivity index (χ0v) is 12.2. The van der Waals surface area contributed by atoms with Crippen LogP contribution >= 0.6 is 23.4 Å². The summed E-state index contributed by atoms with van der Waals surface area (Å²) in [5, 5.41) is 9.88. The number of carbonyl (C=O) groups excluding carboxylic acids is 1. The monoisotopic (exact) mass is 301 g/mol. The van der Waals surface area contributed by atoms with Crippen LogP contribution in [0.2, 0.25) is 5.02 Å². The lowest BCUT2D eigenvalue weighted by Crippen LogP contribution is -2.46. The number of aliphatic hydroxyl groups excluding tert-OH is 1. The molecule has 0 aromatic carbocycles. The molecule has 104 valence electrons. The highest BCUT2D eigenvalue weighted by Crippen LogP contribution is 2.27. The number of aliphatic hydroxyl groups is 1. The predicted molar refractivity (Wildman–Crippen MR) is 74.6 cm³/mol. The molecule has 1 aliphatic carbocycles. The summed E-state index contributed by atoms with van der Waals surface area (Å²) in [6, 6.07) is 0.198.